The molecule has 0 aliphatic heterocycles. The lowest BCUT2D eigenvalue weighted by Crippen LogP contribution is -2.19. The van der Waals surface area contributed by atoms with Gasteiger partial charge in [-0.3, -0.25) is 0 Å². The second-order valence-electron chi connectivity index (χ2n) is 2.90. The van der Waals surface area contributed by atoms with E-state index >= 15 is 0 Å². The fourth-order valence-corrected chi connectivity index (χ4v) is 0.958. The number of ether oxygens (including phenoxy) is 1. The molecule has 0 aliphatic carbocycles. The summed E-state index contributed by atoms with van der Waals surface area (Å²) in [6.45, 7) is 0.00204. The first-order valence-corrected chi connectivity index (χ1v) is 3.92. The molecule has 0 aromatic carbocycles. The number of aromatic carboxylic acids is 1. The SMILES string of the molecule is Cc1cc(C(=O)O)[nH]c1OCC(F)(F)F. The van der Waals surface area contributed by atoms with Gasteiger partial charge in [0.05, 0.1) is 0 Å². The van der Waals surface area contributed by atoms with Gasteiger partial charge in [0.25, 0.3) is 0 Å². The van der Waals surface area contributed by atoms with Crippen molar-refractivity contribution in [3.63, 3.8) is 0 Å². The van der Waals surface area contributed by atoms with E-state index in [2.05, 4.69) is 9.72 Å². The highest BCUT2D eigenvalue weighted by atomic mass is 19.4. The van der Waals surface area contributed by atoms with Crippen LogP contribution in [0.5, 0.6) is 5.88 Å². The summed E-state index contributed by atoms with van der Waals surface area (Å²) in [6.07, 6.45) is -4.44. The molecule has 1 aromatic rings. The minimum atomic E-state index is -4.44. The lowest BCUT2D eigenvalue weighted by atomic mass is 10.3. The third kappa shape index (κ3) is 3.19. The molecule has 0 fully saturated rings. The Bertz CT molecular complexity index is 370. The molecule has 0 bridgehead atoms. The van der Waals surface area contributed by atoms with E-state index in [4.69, 9.17) is 5.11 Å². The second kappa shape index (κ2) is 3.84. The number of nitrogens with one attached hydrogen (secondary N) is 1. The largest absolute Gasteiger partial charge is 0.477 e. The summed E-state index contributed by atoms with van der Waals surface area (Å²) in [5.74, 6) is -1.43. The van der Waals surface area contributed by atoms with Gasteiger partial charge in [0, 0.05) is 5.56 Å². The summed E-state index contributed by atoms with van der Waals surface area (Å²) in [5, 5.41) is 8.54. The van der Waals surface area contributed by atoms with Crippen LogP contribution in [0, 0.1) is 6.92 Å². The number of carbonyl (C=O) groups is 1. The Hall–Kier alpha value is -1.66. The van der Waals surface area contributed by atoms with Crippen LogP contribution in [0.25, 0.3) is 0 Å². The van der Waals surface area contributed by atoms with E-state index in [9.17, 15) is 18.0 Å². The number of carboxylic acid groups (broad SMARTS) is 1. The number of hydrogen-bond donors (Lipinski definition) is 2. The fraction of sp³-hybridized carbons (Fsp3) is 0.375. The first-order chi connectivity index (χ1) is 6.79. The number of hydrogen-bond acceptors (Lipinski definition) is 2. The zero-order valence-corrected chi connectivity index (χ0v) is 7.68. The molecule has 2 N–H and O–H groups in total. The van der Waals surface area contributed by atoms with Crippen LogP contribution in [-0.2, 0) is 0 Å². The van der Waals surface area contributed by atoms with Gasteiger partial charge in [-0.15, -0.1) is 0 Å². The number of aryl methyl sites for hydroxylation is 1. The molecular formula is C8H8F3NO3. The third-order valence-corrected chi connectivity index (χ3v) is 1.58. The average molecular weight is 223 g/mol. The van der Waals surface area contributed by atoms with Crippen LogP contribution in [0.15, 0.2) is 6.07 Å². The Morgan fingerprint density at radius 2 is 2.20 bits per heavy atom. The fourth-order valence-electron chi connectivity index (χ4n) is 0.958. The highest BCUT2D eigenvalue weighted by Crippen LogP contribution is 2.21. The number of rotatable bonds is 3. The van der Waals surface area contributed by atoms with Crippen LogP contribution >= 0.6 is 0 Å². The predicted molar refractivity (Wildman–Crippen MR) is 44.0 cm³/mol. The van der Waals surface area contributed by atoms with Crippen molar-refractivity contribution in [1.29, 1.82) is 0 Å². The zero-order valence-electron chi connectivity index (χ0n) is 7.68. The van der Waals surface area contributed by atoms with E-state index < -0.39 is 18.8 Å². The van der Waals surface area contributed by atoms with Crippen molar-refractivity contribution in [3.8, 4) is 5.88 Å². The van der Waals surface area contributed by atoms with Gasteiger partial charge in [0.1, 0.15) is 5.69 Å². The van der Waals surface area contributed by atoms with Crippen LogP contribution in [-0.4, -0.2) is 28.8 Å². The predicted octanol–water partition coefficient (Wildman–Crippen LogP) is 1.96. The maximum absolute atomic E-state index is 11.8. The maximum Gasteiger partial charge on any atom is 0.422 e. The van der Waals surface area contributed by atoms with Crippen molar-refractivity contribution in [3.05, 3.63) is 17.3 Å². The lowest BCUT2D eigenvalue weighted by Gasteiger charge is -2.07. The molecule has 1 rings (SSSR count). The summed E-state index contributed by atoms with van der Waals surface area (Å²) < 4.78 is 39.7. The Labute approximate surface area is 82.7 Å². The van der Waals surface area contributed by atoms with Gasteiger partial charge in [0.15, 0.2) is 12.5 Å². The number of aromatic amines is 1. The highest BCUT2D eigenvalue weighted by Gasteiger charge is 2.29. The standard InChI is InChI=1S/C8H8F3NO3/c1-4-2-5(7(13)14)12-6(4)15-3-8(9,10)11/h2,12H,3H2,1H3,(H,13,14). The van der Waals surface area contributed by atoms with Crippen LogP contribution in [0.3, 0.4) is 0 Å². The molecule has 4 nitrogen and oxygen atoms in total. The number of alkyl halides is 3. The van der Waals surface area contributed by atoms with E-state index in [1.165, 1.54) is 13.0 Å². The molecule has 0 atom stereocenters. The minimum absolute atomic E-state index is 0.176. The van der Waals surface area contributed by atoms with Crippen molar-refractivity contribution in [2.75, 3.05) is 6.61 Å². The molecule has 15 heavy (non-hydrogen) atoms. The van der Waals surface area contributed by atoms with E-state index in [1.54, 1.807) is 0 Å². The van der Waals surface area contributed by atoms with Gasteiger partial charge in [-0.05, 0) is 13.0 Å². The summed E-state index contributed by atoms with van der Waals surface area (Å²) in [5.41, 5.74) is 0.112. The molecule has 0 spiro atoms. The van der Waals surface area contributed by atoms with Gasteiger partial charge in [-0.2, -0.15) is 13.2 Å². The molecule has 0 radical (unpaired) electrons. The molecule has 84 valence electrons. The maximum atomic E-state index is 11.8. The number of aromatic nitrogens is 1. The van der Waals surface area contributed by atoms with Crippen molar-refractivity contribution >= 4 is 5.97 Å². The van der Waals surface area contributed by atoms with E-state index in [-0.39, 0.29) is 11.6 Å². The van der Waals surface area contributed by atoms with Crippen molar-refractivity contribution in [2.45, 2.75) is 13.1 Å². The molecule has 0 aliphatic rings. The molecule has 1 aromatic heterocycles. The monoisotopic (exact) mass is 223 g/mol. The first-order valence-electron chi connectivity index (χ1n) is 3.92. The quantitative estimate of drug-likeness (QED) is 0.823. The van der Waals surface area contributed by atoms with E-state index in [0.29, 0.717) is 5.56 Å². The van der Waals surface area contributed by atoms with Crippen molar-refractivity contribution in [2.24, 2.45) is 0 Å². The zero-order chi connectivity index (χ0) is 11.6. The van der Waals surface area contributed by atoms with Gasteiger partial charge in [0.2, 0.25) is 0 Å². The molecular weight excluding hydrogens is 215 g/mol. The van der Waals surface area contributed by atoms with Gasteiger partial charge in [-0.1, -0.05) is 0 Å². The summed E-state index contributed by atoms with van der Waals surface area (Å²) in [4.78, 5) is 12.7. The topological polar surface area (TPSA) is 62.3 Å². The first kappa shape index (κ1) is 11.4. The summed E-state index contributed by atoms with van der Waals surface area (Å²) >= 11 is 0. The van der Waals surface area contributed by atoms with Crippen molar-refractivity contribution in [1.82, 2.24) is 4.98 Å². The van der Waals surface area contributed by atoms with Gasteiger partial charge >= 0.3 is 12.1 Å². The Morgan fingerprint density at radius 3 is 2.60 bits per heavy atom. The molecule has 0 saturated heterocycles. The summed E-state index contributed by atoms with van der Waals surface area (Å²) in [7, 11) is 0. The smallest absolute Gasteiger partial charge is 0.422 e. The number of carboxylic acids is 1. The second-order valence-corrected chi connectivity index (χ2v) is 2.90. The Balaban J connectivity index is 2.74. The Kier molecular flexibility index (Phi) is 2.92. The molecule has 0 amide bonds. The number of H-pyrrole nitrogens is 1. The minimum Gasteiger partial charge on any atom is -0.477 e. The van der Waals surface area contributed by atoms with E-state index in [0.717, 1.165) is 0 Å². The van der Waals surface area contributed by atoms with Gasteiger partial charge < -0.3 is 14.8 Å². The molecule has 1 heterocycles. The molecule has 0 unspecified atom stereocenters. The third-order valence-electron chi connectivity index (χ3n) is 1.58. The normalized spacial score (nSPS) is 11.5. The number of halogens is 3. The van der Waals surface area contributed by atoms with Crippen LogP contribution in [0.2, 0.25) is 0 Å². The lowest BCUT2D eigenvalue weighted by molar-refractivity contribution is -0.154. The van der Waals surface area contributed by atoms with Crippen molar-refractivity contribution < 1.29 is 27.8 Å². The van der Waals surface area contributed by atoms with Crippen LogP contribution in [0.4, 0.5) is 13.2 Å². The van der Waals surface area contributed by atoms with E-state index in [1.807, 2.05) is 0 Å². The van der Waals surface area contributed by atoms with Crippen LogP contribution < -0.4 is 4.74 Å². The average Bonchev–Trinajstić information content (AvgIpc) is 2.42. The van der Waals surface area contributed by atoms with Crippen LogP contribution in [0.1, 0.15) is 16.1 Å². The highest BCUT2D eigenvalue weighted by molar-refractivity contribution is 5.86. The van der Waals surface area contributed by atoms with Gasteiger partial charge in [-0.25, -0.2) is 4.79 Å². The summed E-state index contributed by atoms with van der Waals surface area (Å²) in [6, 6.07) is 1.20. The Morgan fingerprint density at radius 1 is 1.60 bits per heavy atom. The molecule has 0 saturated carbocycles. The molecule has 7 heteroatoms.